The van der Waals surface area contributed by atoms with Crippen molar-refractivity contribution in [3.63, 3.8) is 0 Å². The van der Waals surface area contributed by atoms with Gasteiger partial charge in [-0.25, -0.2) is 0 Å². The number of rotatable bonds is 1. The summed E-state index contributed by atoms with van der Waals surface area (Å²) in [5.41, 5.74) is 3.25. The number of aromatic amines is 1. The van der Waals surface area contributed by atoms with Gasteiger partial charge >= 0.3 is 0 Å². The molecule has 4 nitrogen and oxygen atoms in total. The minimum atomic E-state index is 0.0135. The number of nitriles is 1. The Kier molecular flexibility index (Phi) is 2.60. The predicted octanol–water partition coefficient (Wildman–Crippen LogP) is 3.34. The number of benzene rings is 2. The number of aromatic nitrogens is 2. The number of nitrogens with zero attached hydrogens (tertiary/aromatic N) is 2. The van der Waals surface area contributed by atoms with Crippen molar-refractivity contribution in [1.29, 1.82) is 5.26 Å². The van der Waals surface area contributed by atoms with Gasteiger partial charge < -0.3 is 9.55 Å². The third-order valence-electron chi connectivity index (χ3n) is 3.81. The van der Waals surface area contributed by atoms with Crippen molar-refractivity contribution in [2.45, 2.75) is 0 Å². The van der Waals surface area contributed by atoms with Crippen molar-refractivity contribution < 1.29 is 0 Å². The summed E-state index contributed by atoms with van der Waals surface area (Å²) >= 11 is 0. The number of H-pyrrole nitrogens is 1. The molecule has 0 aliphatic carbocycles. The fourth-order valence-corrected chi connectivity index (χ4v) is 2.75. The molecule has 0 atom stereocenters. The molecule has 0 spiro atoms. The highest BCUT2D eigenvalue weighted by Gasteiger charge is 2.06. The average Bonchev–Trinajstić information content (AvgIpc) is 2.98. The van der Waals surface area contributed by atoms with Crippen molar-refractivity contribution in [1.82, 2.24) is 9.55 Å². The van der Waals surface area contributed by atoms with Crippen LogP contribution < -0.4 is 5.43 Å². The Morgan fingerprint density at radius 3 is 2.77 bits per heavy atom. The van der Waals surface area contributed by atoms with Gasteiger partial charge in [0, 0.05) is 34.2 Å². The Bertz CT molecular complexity index is 1110. The van der Waals surface area contributed by atoms with Crippen LogP contribution in [-0.4, -0.2) is 9.55 Å². The van der Waals surface area contributed by atoms with E-state index < -0.39 is 0 Å². The van der Waals surface area contributed by atoms with E-state index in [0.717, 1.165) is 22.1 Å². The molecule has 4 aromatic rings. The first-order valence-electron chi connectivity index (χ1n) is 6.90. The third kappa shape index (κ3) is 1.80. The Balaban J connectivity index is 2.01. The van der Waals surface area contributed by atoms with Gasteiger partial charge in [-0.15, -0.1) is 0 Å². The summed E-state index contributed by atoms with van der Waals surface area (Å²) in [7, 11) is 0. The van der Waals surface area contributed by atoms with Crippen LogP contribution >= 0.6 is 0 Å². The lowest BCUT2D eigenvalue weighted by Gasteiger charge is -2.10. The van der Waals surface area contributed by atoms with Crippen LogP contribution in [0, 0.1) is 11.3 Å². The molecule has 2 aromatic heterocycles. The number of hydrogen-bond donors (Lipinski definition) is 1. The van der Waals surface area contributed by atoms with Gasteiger partial charge in [-0.2, -0.15) is 5.26 Å². The van der Waals surface area contributed by atoms with Crippen LogP contribution in [0.4, 0.5) is 0 Å². The number of pyridine rings is 1. The molecule has 2 heterocycles. The van der Waals surface area contributed by atoms with Gasteiger partial charge in [-0.1, -0.05) is 18.2 Å². The lowest BCUT2D eigenvalue weighted by Crippen LogP contribution is -2.06. The van der Waals surface area contributed by atoms with Gasteiger partial charge in [-0.3, -0.25) is 4.79 Å². The lowest BCUT2D eigenvalue weighted by atomic mass is 10.2. The maximum absolute atomic E-state index is 12.0. The van der Waals surface area contributed by atoms with Crippen molar-refractivity contribution in [2.75, 3.05) is 0 Å². The summed E-state index contributed by atoms with van der Waals surface area (Å²) < 4.78 is 1.98. The highest BCUT2D eigenvalue weighted by atomic mass is 16.1. The van der Waals surface area contributed by atoms with Crippen LogP contribution in [0.1, 0.15) is 5.69 Å². The molecule has 0 radical (unpaired) electrons. The third-order valence-corrected chi connectivity index (χ3v) is 3.81. The number of para-hydroxylation sites is 1. The minimum Gasteiger partial charge on any atom is -0.346 e. The van der Waals surface area contributed by atoms with E-state index in [1.807, 2.05) is 53.1 Å². The number of hydrogen-bond acceptors (Lipinski definition) is 2. The maximum Gasteiger partial charge on any atom is 0.189 e. The van der Waals surface area contributed by atoms with Crippen molar-refractivity contribution in [2.24, 2.45) is 0 Å². The first kappa shape index (κ1) is 12.4. The Morgan fingerprint density at radius 1 is 1.05 bits per heavy atom. The summed E-state index contributed by atoms with van der Waals surface area (Å²) in [6.07, 6.45) is 1.78. The van der Waals surface area contributed by atoms with E-state index in [4.69, 9.17) is 5.26 Å². The highest BCUT2D eigenvalue weighted by Crippen LogP contribution is 2.21. The van der Waals surface area contributed by atoms with Gasteiger partial charge in [0.05, 0.1) is 5.52 Å². The fraction of sp³-hybridized carbons (Fsp3) is 0. The Labute approximate surface area is 125 Å². The second kappa shape index (κ2) is 4.61. The number of nitrogens with one attached hydrogen (secondary N) is 1. The maximum atomic E-state index is 12.0. The van der Waals surface area contributed by atoms with Crippen LogP contribution in [0.3, 0.4) is 0 Å². The standard InChI is InChI=1S/C18H11N3O/c19-11-13-9-12-5-6-14(10-16(12)20-13)21-8-7-18(22)15-3-1-2-4-17(15)21/h1-10,20H. The highest BCUT2D eigenvalue weighted by molar-refractivity contribution is 5.85. The molecule has 0 unspecified atom stereocenters. The summed E-state index contributed by atoms with van der Waals surface area (Å²) in [6, 6.07) is 19.0. The quantitative estimate of drug-likeness (QED) is 0.583. The summed E-state index contributed by atoms with van der Waals surface area (Å²) in [5.74, 6) is 0. The summed E-state index contributed by atoms with van der Waals surface area (Å²) in [4.78, 5) is 15.0. The molecule has 0 amide bonds. The summed E-state index contributed by atoms with van der Waals surface area (Å²) in [6.45, 7) is 0. The Hall–Kier alpha value is -3.32. The number of fused-ring (bicyclic) bond motifs is 2. The molecule has 0 saturated carbocycles. The first-order valence-corrected chi connectivity index (χ1v) is 6.90. The van der Waals surface area contributed by atoms with Gasteiger partial charge in [0.1, 0.15) is 11.8 Å². The zero-order chi connectivity index (χ0) is 15.1. The molecule has 0 saturated heterocycles. The zero-order valence-electron chi connectivity index (χ0n) is 11.6. The molecule has 2 aromatic carbocycles. The second-order valence-corrected chi connectivity index (χ2v) is 5.13. The molecular formula is C18H11N3O. The minimum absolute atomic E-state index is 0.0135. The van der Waals surface area contributed by atoms with Crippen molar-refractivity contribution in [3.8, 4) is 11.8 Å². The largest absolute Gasteiger partial charge is 0.346 e. The fourth-order valence-electron chi connectivity index (χ4n) is 2.75. The van der Waals surface area contributed by atoms with Crippen LogP contribution in [0.2, 0.25) is 0 Å². The van der Waals surface area contributed by atoms with Gasteiger partial charge in [-0.05, 0) is 30.3 Å². The average molecular weight is 285 g/mol. The second-order valence-electron chi connectivity index (χ2n) is 5.13. The first-order chi connectivity index (χ1) is 10.8. The zero-order valence-corrected chi connectivity index (χ0v) is 11.6. The van der Waals surface area contributed by atoms with Crippen LogP contribution in [0.25, 0.3) is 27.5 Å². The van der Waals surface area contributed by atoms with E-state index >= 15 is 0 Å². The molecule has 0 fully saturated rings. The lowest BCUT2D eigenvalue weighted by molar-refractivity contribution is 1.10. The molecule has 1 N–H and O–H groups in total. The SMILES string of the molecule is N#Cc1cc2ccc(-n3ccc(=O)c4ccccc43)cc2[nH]1. The molecule has 104 valence electrons. The van der Waals surface area contributed by atoms with Gasteiger partial charge in [0.15, 0.2) is 5.43 Å². The topological polar surface area (TPSA) is 61.6 Å². The van der Waals surface area contributed by atoms with Gasteiger partial charge in [0.25, 0.3) is 0 Å². The van der Waals surface area contributed by atoms with Gasteiger partial charge in [0.2, 0.25) is 0 Å². The predicted molar refractivity (Wildman–Crippen MR) is 86.1 cm³/mol. The molecule has 0 aliphatic rings. The Morgan fingerprint density at radius 2 is 1.91 bits per heavy atom. The molecule has 4 rings (SSSR count). The van der Waals surface area contributed by atoms with Crippen LogP contribution in [0.15, 0.2) is 65.6 Å². The van der Waals surface area contributed by atoms with E-state index in [9.17, 15) is 4.79 Å². The molecule has 4 heteroatoms. The molecule has 0 bridgehead atoms. The van der Waals surface area contributed by atoms with Crippen molar-refractivity contribution >= 4 is 21.8 Å². The van der Waals surface area contributed by atoms with E-state index in [0.29, 0.717) is 11.1 Å². The normalized spacial score (nSPS) is 10.9. The van der Waals surface area contributed by atoms with Crippen LogP contribution in [-0.2, 0) is 0 Å². The van der Waals surface area contributed by atoms with Crippen molar-refractivity contribution in [3.05, 3.63) is 76.7 Å². The monoisotopic (exact) mass is 285 g/mol. The van der Waals surface area contributed by atoms with E-state index in [1.165, 1.54) is 0 Å². The van der Waals surface area contributed by atoms with Crippen LogP contribution in [0.5, 0.6) is 0 Å². The smallest absolute Gasteiger partial charge is 0.189 e. The molecular weight excluding hydrogens is 274 g/mol. The molecule has 22 heavy (non-hydrogen) atoms. The van der Waals surface area contributed by atoms with E-state index in [2.05, 4.69) is 11.1 Å². The van der Waals surface area contributed by atoms with E-state index in [1.54, 1.807) is 12.3 Å². The summed E-state index contributed by atoms with van der Waals surface area (Å²) in [5, 5.41) is 10.7. The van der Waals surface area contributed by atoms with E-state index in [-0.39, 0.29) is 5.43 Å². The molecule has 0 aliphatic heterocycles.